The molecule has 0 bridgehead atoms. The van der Waals surface area contributed by atoms with Gasteiger partial charge in [-0.05, 0) is 17.7 Å². The predicted molar refractivity (Wildman–Crippen MR) is 58.4 cm³/mol. The standard InChI is InChI=1S/C12H16O4/c1-14-10-4-2-9(3-5-10)7-15-8-12-11(6-13)16-12/h2-5,11-13H,6-8H2,1H3/t11-,12-/m1/s1. The van der Waals surface area contributed by atoms with Gasteiger partial charge in [0.05, 0.1) is 26.9 Å². The molecule has 1 aromatic carbocycles. The highest BCUT2D eigenvalue weighted by atomic mass is 16.6. The van der Waals surface area contributed by atoms with Crippen LogP contribution in [0.5, 0.6) is 5.75 Å². The minimum Gasteiger partial charge on any atom is -0.497 e. The van der Waals surface area contributed by atoms with Crippen molar-refractivity contribution in [3.63, 3.8) is 0 Å². The Morgan fingerprint density at radius 3 is 2.56 bits per heavy atom. The smallest absolute Gasteiger partial charge is 0.118 e. The third-order valence-electron chi connectivity index (χ3n) is 2.58. The van der Waals surface area contributed by atoms with Crippen molar-refractivity contribution in [2.24, 2.45) is 0 Å². The Hall–Kier alpha value is -1.10. The van der Waals surface area contributed by atoms with Crippen molar-refractivity contribution in [3.8, 4) is 5.75 Å². The summed E-state index contributed by atoms with van der Waals surface area (Å²) in [7, 11) is 1.64. The molecule has 0 saturated carbocycles. The van der Waals surface area contributed by atoms with Crippen LogP contribution in [0.4, 0.5) is 0 Å². The van der Waals surface area contributed by atoms with Crippen LogP contribution in [-0.4, -0.2) is 37.6 Å². The Morgan fingerprint density at radius 2 is 2.00 bits per heavy atom. The summed E-state index contributed by atoms with van der Waals surface area (Å²) in [5.74, 6) is 0.842. The van der Waals surface area contributed by atoms with Gasteiger partial charge in [-0.15, -0.1) is 0 Å². The van der Waals surface area contributed by atoms with Crippen molar-refractivity contribution in [3.05, 3.63) is 29.8 Å². The number of benzene rings is 1. The molecule has 1 fully saturated rings. The third kappa shape index (κ3) is 2.95. The largest absolute Gasteiger partial charge is 0.497 e. The van der Waals surface area contributed by atoms with Gasteiger partial charge in [-0.1, -0.05) is 12.1 Å². The summed E-state index contributed by atoms with van der Waals surface area (Å²) < 4.78 is 15.7. The molecule has 1 aliphatic rings. The molecule has 1 heterocycles. The highest BCUT2D eigenvalue weighted by Crippen LogP contribution is 2.21. The first kappa shape index (κ1) is 11.4. The molecule has 1 saturated heterocycles. The quantitative estimate of drug-likeness (QED) is 0.732. The first-order chi connectivity index (χ1) is 7.83. The summed E-state index contributed by atoms with van der Waals surface area (Å²) in [4.78, 5) is 0. The second-order valence-corrected chi connectivity index (χ2v) is 3.76. The van der Waals surface area contributed by atoms with E-state index in [4.69, 9.17) is 19.3 Å². The molecule has 1 aliphatic heterocycles. The molecule has 4 nitrogen and oxygen atoms in total. The molecule has 0 aliphatic carbocycles. The van der Waals surface area contributed by atoms with Gasteiger partial charge in [-0.25, -0.2) is 0 Å². The summed E-state index contributed by atoms with van der Waals surface area (Å²) in [6.45, 7) is 1.18. The van der Waals surface area contributed by atoms with Gasteiger partial charge in [0.2, 0.25) is 0 Å². The van der Waals surface area contributed by atoms with Gasteiger partial charge < -0.3 is 19.3 Å². The lowest BCUT2D eigenvalue weighted by molar-refractivity contribution is 0.104. The zero-order valence-electron chi connectivity index (χ0n) is 9.26. The van der Waals surface area contributed by atoms with Crippen molar-refractivity contribution in [2.45, 2.75) is 18.8 Å². The molecule has 88 valence electrons. The lowest BCUT2D eigenvalue weighted by Crippen LogP contribution is -2.07. The van der Waals surface area contributed by atoms with Gasteiger partial charge in [0.15, 0.2) is 0 Å². The molecule has 1 aromatic rings. The Morgan fingerprint density at radius 1 is 1.25 bits per heavy atom. The van der Waals surface area contributed by atoms with Crippen LogP contribution in [0, 0.1) is 0 Å². The number of methoxy groups -OCH3 is 1. The number of aliphatic hydroxyl groups is 1. The van der Waals surface area contributed by atoms with Gasteiger partial charge in [0.1, 0.15) is 18.0 Å². The summed E-state index contributed by atoms with van der Waals surface area (Å²) in [6.07, 6.45) is 0.0547. The number of rotatable bonds is 6. The van der Waals surface area contributed by atoms with E-state index in [-0.39, 0.29) is 18.8 Å². The molecular weight excluding hydrogens is 208 g/mol. The predicted octanol–water partition coefficient (Wildman–Crippen LogP) is 0.972. The number of hydrogen-bond donors (Lipinski definition) is 1. The maximum absolute atomic E-state index is 8.76. The van der Waals surface area contributed by atoms with Crippen LogP contribution in [0.2, 0.25) is 0 Å². The van der Waals surface area contributed by atoms with E-state index in [0.717, 1.165) is 11.3 Å². The first-order valence-corrected chi connectivity index (χ1v) is 5.30. The fraction of sp³-hybridized carbons (Fsp3) is 0.500. The first-order valence-electron chi connectivity index (χ1n) is 5.30. The summed E-state index contributed by atoms with van der Waals surface area (Å²) in [5, 5.41) is 8.76. The molecule has 2 rings (SSSR count). The van der Waals surface area contributed by atoms with Crippen LogP contribution in [-0.2, 0) is 16.1 Å². The van der Waals surface area contributed by atoms with Gasteiger partial charge in [-0.2, -0.15) is 0 Å². The second kappa shape index (κ2) is 5.30. The maximum Gasteiger partial charge on any atom is 0.118 e. The van der Waals surface area contributed by atoms with Crippen LogP contribution < -0.4 is 4.74 Å². The van der Waals surface area contributed by atoms with E-state index in [1.54, 1.807) is 7.11 Å². The number of aliphatic hydroxyl groups excluding tert-OH is 1. The molecule has 0 aromatic heterocycles. The van der Waals surface area contributed by atoms with E-state index in [1.165, 1.54) is 0 Å². The Kier molecular flexibility index (Phi) is 3.77. The van der Waals surface area contributed by atoms with Crippen LogP contribution in [0.25, 0.3) is 0 Å². The van der Waals surface area contributed by atoms with E-state index in [0.29, 0.717) is 13.2 Å². The monoisotopic (exact) mass is 224 g/mol. The van der Waals surface area contributed by atoms with Gasteiger partial charge >= 0.3 is 0 Å². The number of epoxide rings is 1. The molecule has 1 N–H and O–H groups in total. The van der Waals surface area contributed by atoms with E-state index in [1.807, 2.05) is 24.3 Å². The Labute approximate surface area is 94.8 Å². The minimum absolute atomic E-state index is 0.0177. The molecule has 16 heavy (non-hydrogen) atoms. The third-order valence-corrected chi connectivity index (χ3v) is 2.58. The van der Waals surface area contributed by atoms with Crippen molar-refractivity contribution in [1.29, 1.82) is 0 Å². The van der Waals surface area contributed by atoms with Crippen LogP contribution in [0.1, 0.15) is 5.56 Å². The van der Waals surface area contributed by atoms with Crippen LogP contribution in [0.3, 0.4) is 0 Å². The summed E-state index contributed by atoms with van der Waals surface area (Å²) in [6, 6.07) is 7.75. The Balaban J connectivity index is 1.69. The summed E-state index contributed by atoms with van der Waals surface area (Å²) in [5.41, 5.74) is 1.10. The zero-order valence-corrected chi connectivity index (χ0v) is 9.26. The van der Waals surface area contributed by atoms with Crippen molar-refractivity contribution in [2.75, 3.05) is 20.3 Å². The SMILES string of the molecule is COc1ccc(COC[C@H]2O[C@@H]2CO)cc1. The van der Waals surface area contributed by atoms with E-state index in [9.17, 15) is 0 Å². The van der Waals surface area contributed by atoms with E-state index < -0.39 is 0 Å². The van der Waals surface area contributed by atoms with Gasteiger partial charge in [0.25, 0.3) is 0 Å². The maximum atomic E-state index is 8.76. The second-order valence-electron chi connectivity index (χ2n) is 3.76. The lowest BCUT2D eigenvalue weighted by atomic mass is 10.2. The molecule has 2 atom stereocenters. The molecular formula is C12H16O4. The normalized spacial score (nSPS) is 23.1. The highest BCUT2D eigenvalue weighted by molar-refractivity contribution is 5.26. The van der Waals surface area contributed by atoms with Crippen molar-refractivity contribution < 1.29 is 19.3 Å². The van der Waals surface area contributed by atoms with Crippen LogP contribution in [0.15, 0.2) is 24.3 Å². The van der Waals surface area contributed by atoms with E-state index >= 15 is 0 Å². The zero-order chi connectivity index (χ0) is 11.4. The average molecular weight is 224 g/mol. The topological polar surface area (TPSA) is 51.2 Å². The Bertz CT molecular complexity index is 322. The molecule has 0 amide bonds. The molecule has 4 heteroatoms. The number of ether oxygens (including phenoxy) is 3. The molecule has 0 unspecified atom stereocenters. The fourth-order valence-electron chi connectivity index (χ4n) is 1.50. The highest BCUT2D eigenvalue weighted by Gasteiger charge is 2.37. The van der Waals surface area contributed by atoms with Crippen molar-refractivity contribution in [1.82, 2.24) is 0 Å². The lowest BCUT2D eigenvalue weighted by Gasteiger charge is -2.04. The summed E-state index contributed by atoms with van der Waals surface area (Å²) >= 11 is 0. The van der Waals surface area contributed by atoms with E-state index in [2.05, 4.69) is 0 Å². The number of hydrogen-bond acceptors (Lipinski definition) is 4. The van der Waals surface area contributed by atoms with Gasteiger partial charge in [0, 0.05) is 0 Å². The van der Waals surface area contributed by atoms with Gasteiger partial charge in [-0.3, -0.25) is 0 Å². The molecule has 0 radical (unpaired) electrons. The average Bonchev–Trinajstić information content (AvgIpc) is 3.09. The fourth-order valence-corrected chi connectivity index (χ4v) is 1.50. The van der Waals surface area contributed by atoms with Crippen molar-refractivity contribution >= 4 is 0 Å². The van der Waals surface area contributed by atoms with Crippen LogP contribution >= 0.6 is 0 Å². The molecule has 0 spiro atoms. The minimum atomic E-state index is -0.0177.